The molecule has 0 spiro atoms. The second-order valence-corrected chi connectivity index (χ2v) is 3.69. The third-order valence-corrected chi connectivity index (χ3v) is 2.21. The fraction of sp³-hybridized carbons (Fsp3) is 0.500. The average Bonchev–Trinajstić information content (AvgIpc) is 2.28. The third kappa shape index (κ3) is 8.28. The normalized spacial score (nSPS) is 9.00. The molecule has 0 unspecified atom stereocenters. The fourth-order valence-electron chi connectivity index (χ4n) is 1.32. The Morgan fingerprint density at radius 3 is 2.56 bits per heavy atom. The first-order chi connectivity index (χ1) is 7.72. The Morgan fingerprint density at radius 1 is 1.28 bits per heavy atom. The fourth-order valence-corrected chi connectivity index (χ4v) is 1.32. The molecule has 0 saturated heterocycles. The summed E-state index contributed by atoms with van der Waals surface area (Å²) >= 11 is 0. The summed E-state index contributed by atoms with van der Waals surface area (Å²) in [6.45, 7) is 6.39. The second-order valence-electron chi connectivity index (χ2n) is 3.69. The van der Waals surface area contributed by atoms with Crippen LogP contribution < -0.4 is 10.6 Å². The van der Waals surface area contributed by atoms with E-state index in [2.05, 4.69) is 15.6 Å². The van der Waals surface area contributed by atoms with Crippen LogP contribution in [0.2, 0.25) is 0 Å². The second kappa shape index (κ2) is 11.3. The highest BCUT2D eigenvalue weighted by Crippen LogP contribution is 1.99. The van der Waals surface area contributed by atoms with Gasteiger partial charge in [0.1, 0.15) is 0 Å². The van der Waals surface area contributed by atoms with Crippen molar-refractivity contribution in [1.29, 1.82) is 0 Å². The summed E-state index contributed by atoms with van der Waals surface area (Å²) < 4.78 is 0. The number of halogens is 2. The summed E-state index contributed by atoms with van der Waals surface area (Å²) in [6, 6.07) is 3.85. The van der Waals surface area contributed by atoms with Gasteiger partial charge < -0.3 is 10.6 Å². The van der Waals surface area contributed by atoms with Crippen LogP contribution in [0.3, 0.4) is 0 Å². The maximum atomic E-state index is 11.5. The van der Waals surface area contributed by atoms with Gasteiger partial charge in [0.25, 0.3) is 0 Å². The molecule has 0 bridgehead atoms. The number of nitrogens with zero attached hydrogens (tertiary/aromatic N) is 1. The smallest absolute Gasteiger partial charge is 0.224 e. The van der Waals surface area contributed by atoms with Crippen molar-refractivity contribution >= 4 is 30.7 Å². The molecule has 4 nitrogen and oxygen atoms in total. The lowest BCUT2D eigenvalue weighted by atomic mass is 10.2. The van der Waals surface area contributed by atoms with E-state index in [1.54, 1.807) is 6.20 Å². The lowest BCUT2D eigenvalue weighted by molar-refractivity contribution is -0.120. The van der Waals surface area contributed by atoms with Crippen LogP contribution in [-0.2, 0) is 11.2 Å². The summed E-state index contributed by atoms with van der Waals surface area (Å²) in [5.74, 6) is 0.0450. The molecule has 0 aliphatic carbocycles. The predicted molar refractivity (Wildman–Crippen MR) is 78.7 cm³/mol. The number of amides is 1. The number of rotatable bonds is 6. The molecular weight excluding hydrogens is 273 g/mol. The van der Waals surface area contributed by atoms with Gasteiger partial charge >= 0.3 is 0 Å². The highest BCUT2D eigenvalue weighted by molar-refractivity contribution is 5.85. The Hall–Kier alpha value is -0.840. The van der Waals surface area contributed by atoms with Crippen molar-refractivity contribution in [3.63, 3.8) is 0 Å². The Bertz CT molecular complexity index is 331. The van der Waals surface area contributed by atoms with Crippen molar-refractivity contribution in [3.8, 4) is 0 Å². The number of carbonyl (C=O) groups excluding carboxylic acids is 1. The monoisotopic (exact) mass is 293 g/mol. The topological polar surface area (TPSA) is 54.0 Å². The average molecular weight is 294 g/mol. The standard InChI is InChI=1S/C12H19N3O.2ClH/c1-3-13-6-7-14-12(16)8-11-5-4-10(2)15-9-11;;/h4-5,9,13H,3,6-8H2,1-2H3,(H,14,16);2*1H. The molecule has 2 N–H and O–H groups in total. The zero-order valence-electron chi connectivity index (χ0n) is 10.7. The number of nitrogens with one attached hydrogen (secondary N) is 2. The van der Waals surface area contributed by atoms with E-state index >= 15 is 0 Å². The van der Waals surface area contributed by atoms with Crippen LogP contribution in [-0.4, -0.2) is 30.5 Å². The molecule has 18 heavy (non-hydrogen) atoms. The molecule has 1 heterocycles. The van der Waals surface area contributed by atoms with Crippen molar-refractivity contribution in [2.75, 3.05) is 19.6 Å². The van der Waals surface area contributed by atoms with Gasteiger partial charge in [-0.25, -0.2) is 0 Å². The first kappa shape index (κ1) is 19.5. The van der Waals surface area contributed by atoms with Crippen molar-refractivity contribution in [1.82, 2.24) is 15.6 Å². The van der Waals surface area contributed by atoms with E-state index < -0.39 is 0 Å². The molecule has 0 radical (unpaired) electrons. The number of hydrogen-bond donors (Lipinski definition) is 2. The SMILES string of the molecule is CCNCCNC(=O)Cc1ccc(C)nc1.Cl.Cl. The summed E-state index contributed by atoms with van der Waals surface area (Å²) in [5.41, 5.74) is 1.92. The first-order valence-electron chi connectivity index (χ1n) is 5.61. The third-order valence-electron chi connectivity index (χ3n) is 2.21. The molecule has 104 valence electrons. The van der Waals surface area contributed by atoms with Gasteiger partial charge in [-0.2, -0.15) is 0 Å². The van der Waals surface area contributed by atoms with Crippen LogP contribution in [0.15, 0.2) is 18.3 Å². The Labute approximate surface area is 121 Å². The van der Waals surface area contributed by atoms with Crippen LogP contribution in [0, 0.1) is 6.92 Å². The quantitative estimate of drug-likeness (QED) is 0.782. The van der Waals surface area contributed by atoms with Gasteiger partial charge in [-0.3, -0.25) is 9.78 Å². The van der Waals surface area contributed by atoms with Gasteiger partial charge in [-0.15, -0.1) is 24.8 Å². The summed E-state index contributed by atoms with van der Waals surface area (Å²) in [5, 5.41) is 6.00. The summed E-state index contributed by atoms with van der Waals surface area (Å²) in [6.07, 6.45) is 2.15. The van der Waals surface area contributed by atoms with Crippen molar-refractivity contribution in [2.45, 2.75) is 20.3 Å². The number of hydrogen-bond acceptors (Lipinski definition) is 3. The lowest BCUT2D eigenvalue weighted by Crippen LogP contribution is -2.32. The summed E-state index contributed by atoms with van der Waals surface area (Å²) in [7, 11) is 0. The molecule has 0 saturated carbocycles. The molecule has 1 aromatic rings. The number of carbonyl (C=O) groups is 1. The molecule has 0 atom stereocenters. The minimum absolute atomic E-state index is 0. The van der Waals surface area contributed by atoms with Gasteiger partial charge in [0.15, 0.2) is 0 Å². The maximum Gasteiger partial charge on any atom is 0.224 e. The van der Waals surface area contributed by atoms with Gasteiger partial charge in [0.2, 0.25) is 5.91 Å². The van der Waals surface area contributed by atoms with E-state index in [4.69, 9.17) is 0 Å². The van der Waals surface area contributed by atoms with Crippen LogP contribution >= 0.6 is 24.8 Å². The molecule has 0 aliphatic heterocycles. The highest BCUT2D eigenvalue weighted by atomic mass is 35.5. The molecule has 6 heteroatoms. The zero-order valence-corrected chi connectivity index (χ0v) is 12.4. The molecule has 0 aromatic carbocycles. The van der Waals surface area contributed by atoms with Crippen molar-refractivity contribution < 1.29 is 4.79 Å². The van der Waals surface area contributed by atoms with Crippen molar-refractivity contribution in [3.05, 3.63) is 29.6 Å². The van der Waals surface area contributed by atoms with Crippen LogP contribution in [0.25, 0.3) is 0 Å². The Kier molecular flexibility index (Phi) is 12.2. The number of pyridine rings is 1. The highest BCUT2D eigenvalue weighted by Gasteiger charge is 2.02. The first-order valence-corrected chi connectivity index (χ1v) is 5.61. The van der Waals surface area contributed by atoms with Crippen LogP contribution in [0.1, 0.15) is 18.2 Å². The van der Waals surface area contributed by atoms with E-state index in [1.165, 1.54) is 0 Å². The number of aromatic nitrogens is 1. The molecule has 1 rings (SSSR count). The van der Waals surface area contributed by atoms with E-state index in [1.807, 2.05) is 26.0 Å². The molecule has 1 amide bonds. The molecular formula is C12H21Cl2N3O. The van der Waals surface area contributed by atoms with Crippen molar-refractivity contribution in [2.24, 2.45) is 0 Å². The predicted octanol–water partition coefficient (Wildman–Crippen LogP) is 1.50. The van der Waals surface area contributed by atoms with Gasteiger partial charge in [-0.1, -0.05) is 13.0 Å². The van der Waals surface area contributed by atoms with E-state index in [0.717, 1.165) is 24.3 Å². The lowest BCUT2D eigenvalue weighted by Gasteiger charge is -2.05. The Morgan fingerprint density at radius 2 is 2.00 bits per heavy atom. The Balaban J connectivity index is 0. The van der Waals surface area contributed by atoms with Gasteiger partial charge in [0, 0.05) is 25.0 Å². The molecule has 0 aliphatic rings. The zero-order chi connectivity index (χ0) is 11.8. The summed E-state index contributed by atoms with van der Waals surface area (Å²) in [4.78, 5) is 15.6. The number of aryl methyl sites for hydroxylation is 1. The van der Waals surface area contributed by atoms with E-state index in [9.17, 15) is 4.79 Å². The number of likely N-dealkylation sites (N-methyl/N-ethyl adjacent to an activating group) is 1. The van der Waals surface area contributed by atoms with Gasteiger partial charge in [0.05, 0.1) is 6.42 Å². The minimum Gasteiger partial charge on any atom is -0.355 e. The molecule has 0 fully saturated rings. The minimum atomic E-state index is 0. The largest absolute Gasteiger partial charge is 0.355 e. The van der Waals surface area contributed by atoms with E-state index in [0.29, 0.717) is 13.0 Å². The van der Waals surface area contributed by atoms with E-state index in [-0.39, 0.29) is 30.7 Å². The van der Waals surface area contributed by atoms with Crippen LogP contribution in [0.5, 0.6) is 0 Å². The van der Waals surface area contributed by atoms with Crippen LogP contribution in [0.4, 0.5) is 0 Å². The molecule has 1 aromatic heterocycles. The maximum absolute atomic E-state index is 11.5. The van der Waals surface area contributed by atoms with Gasteiger partial charge in [-0.05, 0) is 25.1 Å².